The molecule has 2 unspecified atom stereocenters. The highest BCUT2D eigenvalue weighted by atomic mass is 28.3. The first-order valence-electron chi connectivity index (χ1n) is 5.63. The van der Waals surface area contributed by atoms with Crippen molar-refractivity contribution in [2.45, 2.75) is 31.7 Å². The first-order valence-corrected chi connectivity index (χ1v) is 9.13. The monoisotopic (exact) mass is 254 g/mol. The number of urea groups is 1. The van der Waals surface area contributed by atoms with Gasteiger partial charge >= 0.3 is 6.03 Å². The van der Waals surface area contributed by atoms with E-state index < -0.39 is 14.1 Å². The lowest BCUT2D eigenvalue weighted by Crippen LogP contribution is -2.66. The summed E-state index contributed by atoms with van der Waals surface area (Å²) in [6, 6.07) is -0.881. The number of hydrazone groups is 1. The molecule has 0 spiro atoms. The quantitative estimate of drug-likeness (QED) is 0.674. The number of nitrogens with zero attached hydrogens (tertiary/aromatic N) is 3. The van der Waals surface area contributed by atoms with Crippen LogP contribution in [-0.2, 0) is 4.79 Å². The molecule has 2 rings (SSSR count). The van der Waals surface area contributed by atoms with Gasteiger partial charge in [0.15, 0.2) is 0 Å². The van der Waals surface area contributed by atoms with Crippen LogP contribution in [0, 0.1) is 0 Å². The third-order valence-corrected chi connectivity index (χ3v) is 5.24. The third-order valence-electron chi connectivity index (χ3n) is 3.29. The summed E-state index contributed by atoms with van der Waals surface area (Å²) in [5.74, 6) is -0.199. The lowest BCUT2D eigenvalue weighted by Gasteiger charge is -2.40. The van der Waals surface area contributed by atoms with Crippen LogP contribution in [0.15, 0.2) is 5.10 Å². The highest BCUT2D eigenvalue weighted by Crippen LogP contribution is 2.24. The van der Waals surface area contributed by atoms with E-state index in [0.717, 1.165) is 10.2 Å². The Hall–Kier alpha value is -1.37. The topological polar surface area (TPSA) is 65.0 Å². The fourth-order valence-electron chi connectivity index (χ4n) is 2.30. The smallest absolute Gasteiger partial charge is 0.317 e. The average molecular weight is 254 g/mol. The number of nitrogens with one attached hydrogen (secondary N) is 1. The minimum atomic E-state index is -1.63. The molecular weight excluding hydrogens is 236 g/mol. The van der Waals surface area contributed by atoms with Crippen LogP contribution >= 0.6 is 0 Å². The molecule has 0 aliphatic carbocycles. The lowest BCUT2D eigenvalue weighted by molar-refractivity contribution is -0.132. The molecule has 0 aromatic heterocycles. The summed E-state index contributed by atoms with van der Waals surface area (Å²) >= 11 is 0. The van der Waals surface area contributed by atoms with Crippen LogP contribution in [0.5, 0.6) is 0 Å². The zero-order chi connectivity index (χ0) is 13.0. The Bertz CT molecular complexity index is 415. The predicted molar refractivity (Wildman–Crippen MR) is 67.4 cm³/mol. The van der Waals surface area contributed by atoms with Crippen molar-refractivity contribution in [3.8, 4) is 0 Å². The molecule has 17 heavy (non-hydrogen) atoms. The van der Waals surface area contributed by atoms with Crippen molar-refractivity contribution in [1.29, 1.82) is 0 Å². The molecule has 0 aromatic rings. The first kappa shape index (κ1) is 12.1. The van der Waals surface area contributed by atoms with Gasteiger partial charge in [0.2, 0.25) is 0 Å². The van der Waals surface area contributed by atoms with E-state index in [1.54, 1.807) is 11.9 Å². The summed E-state index contributed by atoms with van der Waals surface area (Å²) in [5, 5.41) is 5.29. The Balaban J connectivity index is 2.38. The molecule has 7 heteroatoms. The second kappa shape index (κ2) is 3.56. The van der Waals surface area contributed by atoms with Crippen LogP contribution in [0.25, 0.3) is 0 Å². The van der Waals surface area contributed by atoms with E-state index in [2.05, 4.69) is 30.2 Å². The van der Waals surface area contributed by atoms with E-state index in [9.17, 15) is 9.59 Å². The van der Waals surface area contributed by atoms with E-state index in [1.165, 1.54) is 7.05 Å². The average Bonchev–Trinajstić information content (AvgIpc) is 2.67. The van der Waals surface area contributed by atoms with Crippen molar-refractivity contribution in [3.05, 3.63) is 0 Å². The van der Waals surface area contributed by atoms with Gasteiger partial charge in [-0.3, -0.25) is 15.1 Å². The fraction of sp³-hybridized carbons (Fsp3) is 0.700. The number of rotatable bonds is 1. The molecule has 0 radical (unpaired) electrons. The van der Waals surface area contributed by atoms with Gasteiger partial charge in [-0.25, -0.2) is 4.79 Å². The standard InChI is InChI=1S/C10H18N4O2Si/c1-13-7-6(9(15)14(2)10(13)16)11-12-8(7)17(3,4)5/h6-7,11H,1-5H3. The summed E-state index contributed by atoms with van der Waals surface area (Å²) in [7, 11) is 1.60. The van der Waals surface area contributed by atoms with E-state index in [0.29, 0.717) is 0 Å². The van der Waals surface area contributed by atoms with Gasteiger partial charge in [-0.15, -0.1) is 0 Å². The normalized spacial score (nSPS) is 29.1. The molecule has 2 aliphatic rings. The molecule has 0 aromatic carbocycles. The molecule has 2 heterocycles. The summed E-state index contributed by atoms with van der Waals surface area (Å²) in [6.07, 6.45) is 0. The molecule has 2 atom stereocenters. The summed E-state index contributed by atoms with van der Waals surface area (Å²) in [6.45, 7) is 6.49. The van der Waals surface area contributed by atoms with Crippen molar-refractivity contribution in [1.82, 2.24) is 15.2 Å². The number of hydrogen-bond acceptors (Lipinski definition) is 4. The van der Waals surface area contributed by atoms with Crippen LogP contribution < -0.4 is 5.43 Å². The maximum Gasteiger partial charge on any atom is 0.326 e. The highest BCUT2D eigenvalue weighted by molar-refractivity contribution is 7.05. The number of carbonyl (C=O) groups is 2. The maximum atomic E-state index is 12.0. The van der Waals surface area contributed by atoms with Crippen LogP contribution in [0.2, 0.25) is 19.6 Å². The number of amides is 3. The van der Waals surface area contributed by atoms with Crippen molar-refractivity contribution in [3.63, 3.8) is 0 Å². The second-order valence-electron chi connectivity index (χ2n) is 5.59. The van der Waals surface area contributed by atoms with Gasteiger partial charge in [0.05, 0.1) is 6.04 Å². The van der Waals surface area contributed by atoms with Crippen LogP contribution in [-0.4, -0.2) is 61.3 Å². The highest BCUT2D eigenvalue weighted by Gasteiger charge is 2.51. The molecule has 94 valence electrons. The van der Waals surface area contributed by atoms with Crippen LogP contribution in [0.1, 0.15) is 0 Å². The summed E-state index contributed by atoms with van der Waals surface area (Å²) in [4.78, 5) is 26.7. The molecule has 0 saturated carbocycles. The number of hydrogen-bond donors (Lipinski definition) is 1. The van der Waals surface area contributed by atoms with Crippen molar-refractivity contribution in [2.75, 3.05) is 14.1 Å². The van der Waals surface area contributed by atoms with Gasteiger partial charge in [-0.2, -0.15) is 5.10 Å². The Morgan fingerprint density at radius 1 is 1.24 bits per heavy atom. The molecule has 1 saturated heterocycles. The van der Waals surface area contributed by atoms with E-state index in [-0.39, 0.29) is 18.0 Å². The molecule has 1 fully saturated rings. The Labute approximate surface area is 102 Å². The molecule has 3 amide bonds. The Kier molecular flexibility index (Phi) is 2.53. The summed E-state index contributed by atoms with van der Waals surface area (Å²) < 4.78 is 0. The minimum Gasteiger partial charge on any atom is -0.317 e. The van der Waals surface area contributed by atoms with Crippen LogP contribution in [0.3, 0.4) is 0 Å². The molecule has 2 aliphatic heterocycles. The number of fused-ring (bicyclic) bond motifs is 1. The van der Waals surface area contributed by atoms with Gasteiger partial charge in [0, 0.05) is 19.4 Å². The van der Waals surface area contributed by atoms with Gasteiger partial charge in [0.1, 0.15) is 14.1 Å². The van der Waals surface area contributed by atoms with Crippen molar-refractivity contribution >= 4 is 25.3 Å². The van der Waals surface area contributed by atoms with Crippen molar-refractivity contribution < 1.29 is 9.59 Å². The minimum absolute atomic E-state index is 0.199. The Morgan fingerprint density at radius 3 is 2.35 bits per heavy atom. The Morgan fingerprint density at radius 2 is 1.82 bits per heavy atom. The number of likely N-dealkylation sites (N-methyl/N-ethyl adjacent to an activating group) is 2. The van der Waals surface area contributed by atoms with E-state index >= 15 is 0 Å². The largest absolute Gasteiger partial charge is 0.326 e. The zero-order valence-corrected chi connectivity index (χ0v) is 11.8. The van der Waals surface area contributed by atoms with Crippen LogP contribution in [0.4, 0.5) is 4.79 Å². The summed E-state index contributed by atoms with van der Waals surface area (Å²) in [5.41, 5.74) is 2.88. The predicted octanol–water partition coefficient (Wildman–Crippen LogP) is 0.0840. The number of carbonyl (C=O) groups excluding carboxylic acids is 2. The third kappa shape index (κ3) is 1.65. The van der Waals surface area contributed by atoms with Crippen molar-refractivity contribution in [2.24, 2.45) is 5.10 Å². The van der Waals surface area contributed by atoms with E-state index in [4.69, 9.17) is 0 Å². The molecule has 0 bridgehead atoms. The zero-order valence-electron chi connectivity index (χ0n) is 10.8. The molecular formula is C10H18N4O2Si. The van der Waals surface area contributed by atoms with Gasteiger partial charge in [0.25, 0.3) is 5.91 Å². The van der Waals surface area contributed by atoms with Gasteiger partial charge in [-0.1, -0.05) is 19.6 Å². The first-order chi connectivity index (χ1) is 7.75. The second-order valence-corrected chi connectivity index (χ2v) is 10.6. The molecule has 1 N–H and O–H groups in total. The fourth-order valence-corrected chi connectivity index (χ4v) is 3.95. The van der Waals surface area contributed by atoms with Gasteiger partial charge < -0.3 is 4.90 Å². The lowest BCUT2D eigenvalue weighted by atomic mass is 10.1. The maximum absolute atomic E-state index is 12.0. The number of imide groups is 1. The van der Waals surface area contributed by atoms with Gasteiger partial charge in [-0.05, 0) is 0 Å². The van der Waals surface area contributed by atoms with E-state index in [1.807, 2.05) is 0 Å². The molecule has 6 nitrogen and oxygen atoms in total. The SMILES string of the molecule is CN1C(=O)C2NN=C([Si](C)(C)C)C2N(C)C1=O.